The molecule has 0 unspecified atom stereocenters. The van der Waals surface area contributed by atoms with E-state index in [-0.39, 0.29) is 48.2 Å². The van der Waals surface area contributed by atoms with Gasteiger partial charge in [-0.15, -0.1) is 0 Å². The van der Waals surface area contributed by atoms with E-state index < -0.39 is 17.2 Å². The summed E-state index contributed by atoms with van der Waals surface area (Å²) in [6.45, 7) is 4.09. The predicted molar refractivity (Wildman–Crippen MR) is 96.8 cm³/mol. The maximum Gasteiger partial charge on any atom is 0.417 e. The van der Waals surface area contributed by atoms with Crippen LogP contribution in [-0.2, 0) is 4.79 Å². The molecule has 3 nitrogen and oxygen atoms in total. The highest BCUT2D eigenvalue weighted by atomic mass is 19.4. The average Bonchev–Trinajstić information content (AvgIpc) is 2.91. The van der Waals surface area contributed by atoms with Crippen LogP contribution in [0.2, 0.25) is 0 Å². The van der Waals surface area contributed by atoms with Crippen LogP contribution >= 0.6 is 0 Å². The summed E-state index contributed by atoms with van der Waals surface area (Å²) in [4.78, 5) is 13.3. The van der Waals surface area contributed by atoms with Gasteiger partial charge in [0.25, 0.3) is 0 Å². The largest absolute Gasteiger partial charge is 0.417 e. The van der Waals surface area contributed by atoms with Gasteiger partial charge in [-0.2, -0.15) is 18.4 Å². The fraction of sp³-hybridized carbons (Fsp3) is 0.818. The van der Waals surface area contributed by atoms with Gasteiger partial charge in [-0.1, -0.05) is 19.4 Å². The lowest BCUT2D eigenvalue weighted by atomic mass is 9.44. The van der Waals surface area contributed by atoms with Gasteiger partial charge < -0.3 is 5.11 Å². The lowest BCUT2D eigenvalue weighted by Crippen LogP contribution is -2.61. The maximum absolute atomic E-state index is 13.4. The van der Waals surface area contributed by atoms with Crippen molar-refractivity contribution in [2.45, 2.75) is 77.0 Å². The Hall–Kier alpha value is -1.35. The first-order valence-corrected chi connectivity index (χ1v) is 10.4. The minimum absolute atomic E-state index is 0.152. The van der Waals surface area contributed by atoms with Crippen molar-refractivity contribution in [2.75, 3.05) is 0 Å². The summed E-state index contributed by atoms with van der Waals surface area (Å²) >= 11 is 0. The number of allylic oxidation sites excluding steroid dienone is 2. The number of hydrogen-bond donors (Lipinski definition) is 1. The average molecular weight is 395 g/mol. The SMILES string of the molecule is C[C@]12CC[C@](O)(C(F)(F)F)C[C@H]1CC[C@@H]1[C@@H]2C(=O)C[C@]2(C)/C(=C\C#N)CC[C@@H]12. The monoisotopic (exact) mass is 395 g/mol. The first kappa shape index (κ1) is 19.9. The van der Waals surface area contributed by atoms with E-state index in [2.05, 4.69) is 13.0 Å². The number of halogens is 3. The van der Waals surface area contributed by atoms with Crippen LogP contribution in [0.25, 0.3) is 0 Å². The fourth-order valence-electron chi connectivity index (χ4n) is 7.48. The van der Waals surface area contributed by atoms with Crippen molar-refractivity contribution < 1.29 is 23.1 Å². The first-order valence-electron chi connectivity index (χ1n) is 10.4. The standard InChI is InChI=1S/C22H28F3NO2/c1-19-8-9-21(28,22(23,24)25)11-14(19)3-5-15-16-6-4-13(7-10-26)20(16,2)12-17(27)18(15)19/h7,14-16,18,28H,3-6,8-9,11-12H2,1-2H3/b13-7-/t14-,15+,16+,18-,19+,20-,21-/m1/s1. The normalized spacial score (nSPS) is 49.9. The van der Waals surface area contributed by atoms with Crippen LogP contribution in [0, 0.1) is 45.8 Å². The molecule has 4 aliphatic rings. The minimum atomic E-state index is -4.62. The van der Waals surface area contributed by atoms with Crippen LogP contribution in [0.4, 0.5) is 13.2 Å². The molecule has 0 spiro atoms. The van der Waals surface area contributed by atoms with Crippen molar-refractivity contribution in [3.63, 3.8) is 0 Å². The third-order valence-corrected chi connectivity index (χ3v) is 9.03. The van der Waals surface area contributed by atoms with E-state index in [4.69, 9.17) is 5.26 Å². The van der Waals surface area contributed by atoms with Gasteiger partial charge in [0.05, 0.1) is 6.07 Å². The fourth-order valence-corrected chi connectivity index (χ4v) is 7.48. The van der Waals surface area contributed by atoms with Crippen LogP contribution in [0.15, 0.2) is 11.6 Å². The van der Waals surface area contributed by atoms with Gasteiger partial charge in [-0.3, -0.25) is 4.79 Å². The predicted octanol–water partition coefficient (Wildman–Crippen LogP) is 4.95. The van der Waals surface area contributed by atoms with Crippen LogP contribution in [-0.4, -0.2) is 22.7 Å². The third kappa shape index (κ3) is 2.54. The molecule has 4 saturated carbocycles. The third-order valence-electron chi connectivity index (χ3n) is 9.03. The number of carbonyl (C=O) groups excluding carboxylic acids is 1. The molecule has 0 aromatic carbocycles. The summed E-state index contributed by atoms with van der Waals surface area (Å²) in [6, 6.07) is 2.12. The number of carbonyl (C=O) groups is 1. The smallest absolute Gasteiger partial charge is 0.380 e. The highest BCUT2D eigenvalue weighted by molar-refractivity contribution is 5.85. The Bertz CT molecular complexity index is 769. The molecule has 0 aliphatic heterocycles. The van der Waals surface area contributed by atoms with Gasteiger partial charge >= 0.3 is 6.18 Å². The Morgan fingerprint density at radius 3 is 2.57 bits per heavy atom. The van der Waals surface area contributed by atoms with Crippen molar-refractivity contribution in [1.82, 2.24) is 0 Å². The summed E-state index contributed by atoms with van der Waals surface area (Å²) in [6.07, 6.45) is 0.159. The maximum atomic E-state index is 13.4. The molecule has 4 fully saturated rings. The van der Waals surface area contributed by atoms with Crippen molar-refractivity contribution >= 4 is 5.78 Å². The van der Waals surface area contributed by atoms with Crippen molar-refractivity contribution in [1.29, 1.82) is 5.26 Å². The molecule has 0 aromatic heterocycles. The number of Topliss-reactive ketones (excluding diaryl/α,β-unsaturated/α-hetero) is 1. The molecule has 154 valence electrons. The zero-order valence-electron chi connectivity index (χ0n) is 16.5. The molecular weight excluding hydrogens is 367 g/mol. The number of aliphatic hydroxyl groups is 1. The van der Waals surface area contributed by atoms with E-state index in [1.165, 1.54) is 0 Å². The lowest BCUT2D eigenvalue weighted by molar-refractivity contribution is -0.288. The van der Waals surface area contributed by atoms with Crippen LogP contribution in [0.5, 0.6) is 0 Å². The molecule has 1 N–H and O–H groups in total. The molecule has 0 radical (unpaired) electrons. The molecule has 0 saturated heterocycles. The number of hydrogen-bond acceptors (Lipinski definition) is 3. The van der Waals surface area contributed by atoms with Gasteiger partial charge in [-0.05, 0) is 73.5 Å². The van der Waals surface area contributed by atoms with E-state index in [0.29, 0.717) is 18.8 Å². The summed E-state index contributed by atoms with van der Waals surface area (Å²) in [5, 5.41) is 19.4. The van der Waals surface area contributed by atoms with E-state index >= 15 is 0 Å². The molecule has 7 atom stereocenters. The van der Waals surface area contributed by atoms with Crippen molar-refractivity contribution in [3.8, 4) is 6.07 Å². The molecule has 0 heterocycles. The highest BCUT2D eigenvalue weighted by Gasteiger charge is 2.66. The Labute approximate surface area is 164 Å². The molecule has 0 bridgehead atoms. The molecule has 0 amide bonds. The summed E-state index contributed by atoms with van der Waals surface area (Å²) < 4.78 is 40.2. The van der Waals surface area contributed by atoms with E-state index in [0.717, 1.165) is 24.8 Å². The number of alkyl halides is 3. The highest BCUT2D eigenvalue weighted by Crippen LogP contribution is 2.67. The summed E-state index contributed by atoms with van der Waals surface area (Å²) in [5.41, 5.74) is -2.31. The Kier molecular flexibility index (Phi) is 4.33. The number of fused-ring (bicyclic) bond motifs is 5. The Morgan fingerprint density at radius 1 is 1.21 bits per heavy atom. The quantitative estimate of drug-likeness (QED) is 0.590. The van der Waals surface area contributed by atoms with E-state index in [9.17, 15) is 23.1 Å². The second-order valence-electron chi connectivity index (χ2n) is 10.2. The molecule has 6 heteroatoms. The Balaban J connectivity index is 1.66. The van der Waals surface area contributed by atoms with Gasteiger partial charge in [0.2, 0.25) is 0 Å². The van der Waals surface area contributed by atoms with E-state index in [1.54, 1.807) is 6.08 Å². The van der Waals surface area contributed by atoms with E-state index in [1.807, 2.05) is 6.92 Å². The minimum Gasteiger partial charge on any atom is -0.380 e. The van der Waals surface area contributed by atoms with Crippen LogP contribution in [0.3, 0.4) is 0 Å². The number of nitrogens with zero attached hydrogens (tertiary/aromatic N) is 1. The zero-order chi connectivity index (χ0) is 20.5. The number of rotatable bonds is 0. The first-order chi connectivity index (χ1) is 13.0. The summed E-state index contributed by atoms with van der Waals surface area (Å²) in [5.74, 6) is 0.144. The number of nitriles is 1. The summed E-state index contributed by atoms with van der Waals surface area (Å²) in [7, 11) is 0. The molecule has 0 aromatic rings. The van der Waals surface area contributed by atoms with Crippen LogP contribution < -0.4 is 0 Å². The number of ketones is 1. The van der Waals surface area contributed by atoms with Gasteiger partial charge in [-0.25, -0.2) is 0 Å². The molecule has 4 rings (SSSR count). The van der Waals surface area contributed by atoms with Gasteiger partial charge in [0.1, 0.15) is 5.78 Å². The van der Waals surface area contributed by atoms with Crippen LogP contribution in [0.1, 0.15) is 65.2 Å². The van der Waals surface area contributed by atoms with Crippen molar-refractivity contribution in [2.24, 2.45) is 34.5 Å². The molecule has 4 aliphatic carbocycles. The van der Waals surface area contributed by atoms with Crippen molar-refractivity contribution in [3.05, 3.63) is 11.6 Å². The van der Waals surface area contributed by atoms with Gasteiger partial charge in [0, 0.05) is 18.4 Å². The molecule has 28 heavy (non-hydrogen) atoms. The molecular formula is C22H28F3NO2. The van der Waals surface area contributed by atoms with Gasteiger partial charge in [0.15, 0.2) is 5.60 Å². The zero-order valence-corrected chi connectivity index (χ0v) is 16.5. The Morgan fingerprint density at radius 2 is 1.93 bits per heavy atom. The second-order valence-corrected chi connectivity index (χ2v) is 10.2. The lowest BCUT2D eigenvalue weighted by Gasteiger charge is -2.60. The second kappa shape index (κ2) is 6.08. The topological polar surface area (TPSA) is 61.1 Å².